The van der Waals surface area contributed by atoms with Crippen molar-refractivity contribution >= 4 is 21.9 Å². The van der Waals surface area contributed by atoms with Crippen LogP contribution in [0.3, 0.4) is 0 Å². The van der Waals surface area contributed by atoms with Crippen molar-refractivity contribution in [1.29, 1.82) is 0 Å². The van der Waals surface area contributed by atoms with E-state index in [1.807, 2.05) is 0 Å². The Kier molecular flexibility index (Phi) is 6.28. The minimum atomic E-state index is -3.85. The van der Waals surface area contributed by atoms with Crippen LogP contribution >= 0.6 is 0 Å². The van der Waals surface area contributed by atoms with Crippen LogP contribution in [0, 0.1) is 0 Å². The number of carbonyl (C=O) groups is 2. The number of carboxylic acid groups (broad SMARTS) is 1. The molecule has 0 atom stereocenters. The van der Waals surface area contributed by atoms with Gasteiger partial charge in [0.2, 0.25) is 10.0 Å². The minimum Gasteiger partial charge on any atom is -0.545 e. The van der Waals surface area contributed by atoms with Crippen LogP contribution in [0.4, 0.5) is 0 Å². The molecule has 10 heteroatoms. The van der Waals surface area contributed by atoms with Gasteiger partial charge in [-0.05, 0) is 18.2 Å². The van der Waals surface area contributed by atoms with Crippen molar-refractivity contribution in [3.8, 4) is 11.5 Å². The number of amides is 1. The molecule has 0 N–H and O–H groups in total. The van der Waals surface area contributed by atoms with Crippen LogP contribution < -0.4 is 14.6 Å². The van der Waals surface area contributed by atoms with Crippen molar-refractivity contribution in [2.75, 3.05) is 40.4 Å². The number of methoxy groups -OCH3 is 2. The van der Waals surface area contributed by atoms with Crippen molar-refractivity contribution < 1.29 is 32.6 Å². The summed E-state index contributed by atoms with van der Waals surface area (Å²) < 4.78 is 37.7. The lowest BCUT2D eigenvalue weighted by atomic mass is 10.1. The molecule has 1 saturated heterocycles. The molecular formula is C20H21N2O7S-. The fourth-order valence-corrected chi connectivity index (χ4v) is 4.84. The molecule has 1 aliphatic rings. The summed E-state index contributed by atoms with van der Waals surface area (Å²) in [6.07, 6.45) is 0. The molecule has 2 aromatic rings. The lowest BCUT2D eigenvalue weighted by molar-refractivity contribution is -0.255. The molecule has 0 radical (unpaired) electrons. The summed E-state index contributed by atoms with van der Waals surface area (Å²) >= 11 is 0. The average molecular weight is 433 g/mol. The fraction of sp³-hybridized carbons (Fsp3) is 0.300. The molecule has 0 aromatic heterocycles. The minimum absolute atomic E-state index is 0.00729. The summed E-state index contributed by atoms with van der Waals surface area (Å²) in [5, 5.41) is 11.3. The molecule has 0 unspecified atom stereocenters. The van der Waals surface area contributed by atoms with Gasteiger partial charge in [-0.1, -0.05) is 18.2 Å². The molecule has 3 rings (SSSR count). The number of hydrogen-bond acceptors (Lipinski definition) is 7. The highest BCUT2D eigenvalue weighted by molar-refractivity contribution is 7.89. The van der Waals surface area contributed by atoms with E-state index in [-0.39, 0.29) is 48.0 Å². The van der Waals surface area contributed by atoms with E-state index in [0.717, 1.165) is 0 Å². The van der Waals surface area contributed by atoms with E-state index < -0.39 is 21.9 Å². The van der Waals surface area contributed by atoms with Gasteiger partial charge in [0, 0.05) is 43.4 Å². The molecule has 30 heavy (non-hydrogen) atoms. The van der Waals surface area contributed by atoms with Gasteiger partial charge in [0.25, 0.3) is 5.91 Å². The molecule has 1 aliphatic heterocycles. The van der Waals surface area contributed by atoms with Crippen LogP contribution in [-0.4, -0.2) is 69.9 Å². The van der Waals surface area contributed by atoms with Crippen molar-refractivity contribution in [3.05, 3.63) is 53.6 Å². The first-order valence-electron chi connectivity index (χ1n) is 9.11. The average Bonchev–Trinajstić information content (AvgIpc) is 2.78. The van der Waals surface area contributed by atoms with E-state index in [1.54, 1.807) is 6.07 Å². The van der Waals surface area contributed by atoms with Crippen LogP contribution in [0.15, 0.2) is 47.4 Å². The first-order chi connectivity index (χ1) is 14.3. The number of nitrogens with zero attached hydrogens (tertiary/aromatic N) is 2. The maximum Gasteiger partial charge on any atom is 0.254 e. The summed E-state index contributed by atoms with van der Waals surface area (Å²) in [6.45, 7) is 0.378. The topological polar surface area (TPSA) is 116 Å². The Bertz CT molecular complexity index is 1060. The van der Waals surface area contributed by atoms with Crippen molar-refractivity contribution in [2.24, 2.45) is 0 Å². The van der Waals surface area contributed by atoms with E-state index in [2.05, 4.69) is 0 Å². The van der Waals surface area contributed by atoms with Gasteiger partial charge in [-0.3, -0.25) is 4.79 Å². The Morgan fingerprint density at radius 1 is 0.933 bits per heavy atom. The third-order valence-corrected chi connectivity index (χ3v) is 6.83. The summed E-state index contributed by atoms with van der Waals surface area (Å²) in [4.78, 5) is 25.5. The lowest BCUT2D eigenvalue weighted by Crippen LogP contribution is -2.50. The molecule has 0 spiro atoms. The van der Waals surface area contributed by atoms with E-state index in [1.165, 1.54) is 59.8 Å². The second kappa shape index (κ2) is 8.72. The smallest absolute Gasteiger partial charge is 0.254 e. The van der Waals surface area contributed by atoms with Gasteiger partial charge in [0.15, 0.2) is 0 Å². The maximum absolute atomic E-state index is 13.1. The quantitative estimate of drug-likeness (QED) is 0.639. The Hall–Kier alpha value is -3.11. The summed E-state index contributed by atoms with van der Waals surface area (Å²) in [7, 11) is -1.01. The van der Waals surface area contributed by atoms with Gasteiger partial charge < -0.3 is 24.3 Å². The first-order valence-corrected chi connectivity index (χ1v) is 10.6. The van der Waals surface area contributed by atoms with Crippen molar-refractivity contribution in [2.45, 2.75) is 4.90 Å². The Morgan fingerprint density at radius 2 is 1.57 bits per heavy atom. The van der Waals surface area contributed by atoms with Gasteiger partial charge >= 0.3 is 0 Å². The molecule has 0 aliphatic carbocycles. The monoisotopic (exact) mass is 433 g/mol. The van der Waals surface area contributed by atoms with Crippen LogP contribution in [0.1, 0.15) is 20.7 Å². The Morgan fingerprint density at radius 3 is 2.13 bits per heavy atom. The van der Waals surface area contributed by atoms with Crippen LogP contribution in [-0.2, 0) is 10.0 Å². The Balaban J connectivity index is 1.77. The molecule has 2 aromatic carbocycles. The molecule has 1 amide bonds. The van der Waals surface area contributed by atoms with E-state index in [4.69, 9.17) is 9.47 Å². The van der Waals surface area contributed by atoms with Gasteiger partial charge in [0.1, 0.15) is 16.4 Å². The molecule has 160 valence electrons. The number of piperazine rings is 1. The van der Waals surface area contributed by atoms with Gasteiger partial charge in [-0.2, -0.15) is 4.31 Å². The zero-order valence-corrected chi connectivity index (χ0v) is 17.3. The number of aromatic carboxylic acids is 1. The van der Waals surface area contributed by atoms with Gasteiger partial charge in [-0.15, -0.1) is 0 Å². The maximum atomic E-state index is 13.1. The molecule has 9 nitrogen and oxygen atoms in total. The lowest BCUT2D eigenvalue weighted by Gasteiger charge is -2.34. The number of hydrogen-bond donors (Lipinski definition) is 0. The molecule has 1 fully saturated rings. The SMILES string of the molecule is COc1ccc(S(=O)(=O)N2CCN(C(=O)c3ccccc3C(=O)[O-])CC2)c(OC)c1. The molecule has 1 heterocycles. The highest BCUT2D eigenvalue weighted by Gasteiger charge is 2.33. The number of ether oxygens (including phenoxy) is 2. The van der Waals surface area contributed by atoms with E-state index in [0.29, 0.717) is 5.75 Å². The largest absolute Gasteiger partial charge is 0.545 e. The van der Waals surface area contributed by atoms with E-state index >= 15 is 0 Å². The summed E-state index contributed by atoms with van der Waals surface area (Å²) in [5.74, 6) is -1.29. The van der Waals surface area contributed by atoms with Crippen molar-refractivity contribution in [1.82, 2.24) is 9.21 Å². The fourth-order valence-electron chi connectivity index (χ4n) is 3.28. The molecule has 0 bridgehead atoms. The highest BCUT2D eigenvalue weighted by atomic mass is 32.2. The summed E-state index contributed by atoms with van der Waals surface area (Å²) in [6, 6.07) is 10.2. The predicted molar refractivity (Wildman–Crippen MR) is 105 cm³/mol. The second-order valence-electron chi connectivity index (χ2n) is 6.55. The van der Waals surface area contributed by atoms with Gasteiger partial charge in [-0.25, -0.2) is 8.42 Å². The second-order valence-corrected chi connectivity index (χ2v) is 8.45. The number of benzene rings is 2. The first kappa shape index (κ1) is 21.6. The van der Waals surface area contributed by atoms with Crippen LogP contribution in [0.2, 0.25) is 0 Å². The molecule has 0 saturated carbocycles. The third-order valence-electron chi connectivity index (χ3n) is 4.89. The van der Waals surface area contributed by atoms with Crippen LogP contribution in [0.25, 0.3) is 0 Å². The highest BCUT2D eigenvalue weighted by Crippen LogP contribution is 2.31. The predicted octanol–water partition coefficient (Wildman–Crippen LogP) is 0.214. The van der Waals surface area contributed by atoms with Gasteiger partial charge in [0.05, 0.1) is 20.2 Å². The van der Waals surface area contributed by atoms with E-state index in [9.17, 15) is 23.1 Å². The normalized spacial score (nSPS) is 14.9. The standard InChI is InChI=1S/C20H22N2O7S/c1-28-14-7-8-18(17(13-14)29-2)30(26,27)22-11-9-21(10-12-22)19(23)15-5-3-4-6-16(15)20(24)25/h3-8,13H,9-12H2,1-2H3,(H,24,25)/p-1. The van der Waals surface area contributed by atoms with Crippen molar-refractivity contribution in [3.63, 3.8) is 0 Å². The molecular weight excluding hydrogens is 412 g/mol. The number of rotatable bonds is 6. The summed E-state index contributed by atoms with van der Waals surface area (Å²) in [5.41, 5.74) is -0.175. The zero-order chi connectivity index (χ0) is 21.9. The zero-order valence-electron chi connectivity index (χ0n) is 16.5. The third kappa shape index (κ3) is 4.10. The number of carboxylic acids is 1. The van der Waals surface area contributed by atoms with Crippen LogP contribution in [0.5, 0.6) is 11.5 Å². The number of sulfonamides is 1. The number of carbonyl (C=O) groups excluding carboxylic acids is 2. The Labute approximate surface area is 174 Å².